The summed E-state index contributed by atoms with van der Waals surface area (Å²) in [6.07, 6.45) is 1.94. The quantitative estimate of drug-likeness (QED) is 0.308. The lowest BCUT2D eigenvalue weighted by atomic mass is 9.43. The van der Waals surface area contributed by atoms with Gasteiger partial charge >= 0.3 is 5.97 Å². The lowest BCUT2D eigenvalue weighted by Crippen LogP contribution is -2.64. The Bertz CT molecular complexity index is 933. The van der Waals surface area contributed by atoms with Crippen LogP contribution in [0.3, 0.4) is 0 Å². The average molecular weight is 507 g/mol. The zero-order chi connectivity index (χ0) is 26.2. The Kier molecular flexibility index (Phi) is 6.48. The third kappa shape index (κ3) is 2.99. The van der Waals surface area contributed by atoms with E-state index in [1.165, 1.54) is 14.2 Å². The van der Waals surface area contributed by atoms with Crippen molar-refractivity contribution in [2.24, 2.45) is 45.8 Å². The van der Waals surface area contributed by atoms with Gasteiger partial charge in [0.1, 0.15) is 30.0 Å². The Morgan fingerprint density at radius 1 is 1.19 bits per heavy atom. The minimum Gasteiger partial charge on any atom is -0.468 e. The lowest BCUT2D eigenvalue weighted by Gasteiger charge is -2.59. The van der Waals surface area contributed by atoms with Crippen LogP contribution < -0.4 is 0 Å². The van der Waals surface area contributed by atoms with E-state index in [4.69, 9.17) is 18.9 Å². The number of aliphatic hydroxyl groups is 2. The number of aldehydes is 1. The van der Waals surface area contributed by atoms with Crippen LogP contribution in [0.1, 0.15) is 53.4 Å². The minimum atomic E-state index is -1.30. The highest BCUT2D eigenvalue weighted by molar-refractivity contribution is 5.91. The van der Waals surface area contributed by atoms with Crippen molar-refractivity contribution in [2.45, 2.75) is 84.1 Å². The van der Waals surface area contributed by atoms with Crippen molar-refractivity contribution in [2.75, 3.05) is 20.8 Å². The molecule has 0 aromatic carbocycles. The van der Waals surface area contributed by atoms with Crippen molar-refractivity contribution < 1.29 is 38.7 Å². The van der Waals surface area contributed by atoms with Crippen LogP contribution in [0.15, 0.2) is 11.6 Å². The van der Waals surface area contributed by atoms with E-state index >= 15 is 0 Å². The highest BCUT2D eigenvalue weighted by Crippen LogP contribution is 2.82. The van der Waals surface area contributed by atoms with Gasteiger partial charge in [0.2, 0.25) is 0 Å². The maximum Gasteiger partial charge on any atom is 0.317 e. The first-order valence-corrected chi connectivity index (χ1v) is 13.5. The summed E-state index contributed by atoms with van der Waals surface area (Å²) in [6, 6.07) is 0. The molecule has 12 atom stereocenters. The van der Waals surface area contributed by atoms with Gasteiger partial charge in [0.15, 0.2) is 6.29 Å². The first-order chi connectivity index (χ1) is 17.1. The Labute approximate surface area is 213 Å². The lowest BCUT2D eigenvalue weighted by molar-refractivity contribution is -0.307. The maximum absolute atomic E-state index is 14.0. The highest BCUT2D eigenvalue weighted by Gasteiger charge is 2.84. The van der Waals surface area contributed by atoms with Crippen LogP contribution in [0.25, 0.3) is 0 Å². The summed E-state index contributed by atoms with van der Waals surface area (Å²) in [6.45, 7) is 8.30. The van der Waals surface area contributed by atoms with E-state index in [2.05, 4.69) is 26.8 Å². The SMILES string of the molecule is COC(=O)[C@@]12C(C(C)C)=C[C@@H]3C[C@]1(C=O)[C@@H]1CC[C@@H](C)[C@H]1C[C@]32CO[C@@H]1O[C@H](C)[C@@H](OC)[C@@H](O)[C@@H]1O. The fraction of sp³-hybridized carbons (Fsp3) is 0.857. The first-order valence-electron chi connectivity index (χ1n) is 13.5. The van der Waals surface area contributed by atoms with Crippen LogP contribution in [0, 0.1) is 45.8 Å². The second-order valence-electron chi connectivity index (χ2n) is 12.4. The number of ether oxygens (including phenoxy) is 4. The van der Waals surface area contributed by atoms with E-state index in [0.29, 0.717) is 18.3 Å². The molecule has 0 unspecified atom stereocenters. The Balaban J connectivity index is 1.59. The van der Waals surface area contributed by atoms with E-state index in [1.54, 1.807) is 6.92 Å². The number of hydrogen-bond acceptors (Lipinski definition) is 8. The summed E-state index contributed by atoms with van der Waals surface area (Å²) in [7, 11) is 2.88. The molecule has 5 aliphatic rings. The molecule has 4 aliphatic carbocycles. The molecule has 0 amide bonds. The summed E-state index contributed by atoms with van der Waals surface area (Å²) in [5, 5.41) is 21.4. The molecule has 0 aromatic heterocycles. The van der Waals surface area contributed by atoms with Gasteiger partial charge in [0.25, 0.3) is 0 Å². The van der Waals surface area contributed by atoms with Crippen molar-refractivity contribution in [3.63, 3.8) is 0 Å². The van der Waals surface area contributed by atoms with Gasteiger partial charge in [-0.15, -0.1) is 0 Å². The Morgan fingerprint density at radius 3 is 2.53 bits per heavy atom. The standard InChI is InChI=1S/C28H42O8/c1-14(2)20-9-17-10-26(12-29)19-8-7-15(3)18(19)11-27(17,28(20,26)25(32)34-6)13-35-24-22(31)21(30)23(33-5)16(4)36-24/h9,12,14-19,21-24,30-31H,7-8,10-11,13H2,1-6H3/t15-,16-,17-,18-,19-,21+,22+,23-,24-,26+,27+,28+/m1/s1. The molecule has 0 radical (unpaired) electrons. The summed E-state index contributed by atoms with van der Waals surface area (Å²) < 4.78 is 23.2. The van der Waals surface area contributed by atoms with Gasteiger partial charge in [-0.1, -0.05) is 38.8 Å². The van der Waals surface area contributed by atoms with Gasteiger partial charge < -0.3 is 34.0 Å². The van der Waals surface area contributed by atoms with Crippen molar-refractivity contribution in [3.05, 3.63) is 11.6 Å². The molecule has 202 valence electrons. The van der Waals surface area contributed by atoms with Gasteiger partial charge in [-0.3, -0.25) is 4.79 Å². The molecule has 36 heavy (non-hydrogen) atoms. The van der Waals surface area contributed by atoms with Crippen LogP contribution in [-0.2, 0) is 28.5 Å². The van der Waals surface area contributed by atoms with Crippen molar-refractivity contribution in [1.29, 1.82) is 0 Å². The number of allylic oxidation sites excluding steroid dienone is 1. The third-order valence-corrected chi connectivity index (χ3v) is 10.8. The van der Waals surface area contributed by atoms with E-state index < -0.39 is 47.0 Å². The van der Waals surface area contributed by atoms with Crippen LogP contribution in [-0.4, -0.2) is 74.0 Å². The van der Waals surface area contributed by atoms with Gasteiger partial charge in [0, 0.05) is 12.5 Å². The minimum absolute atomic E-state index is 0.0215. The van der Waals surface area contributed by atoms with Crippen molar-refractivity contribution >= 4 is 12.3 Å². The molecule has 0 aromatic rings. The van der Waals surface area contributed by atoms with Crippen LogP contribution in [0.4, 0.5) is 0 Å². The number of rotatable bonds is 7. The molecule has 5 rings (SSSR count). The monoisotopic (exact) mass is 506 g/mol. The second-order valence-corrected chi connectivity index (χ2v) is 12.4. The number of hydrogen-bond donors (Lipinski definition) is 2. The van der Waals surface area contributed by atoms with Crippen molar-refractivity contribution in [3.8, 4) is 0 Å². The Morgan fingerprint density at radius 2 is 1.92 bits per heavy atom. The fourth-order valence-corrected chi connectivity index (χ4v) is 9.47. The van der Waals surface area contributed by atoms with Crippen LogP contribution >= 0.6 is 0 Å². The molecule has 2 N–H and O–H groups in total. The molecular weight excluding hydrogens is 464 g/mol. The maximum atomic E-state index is 14.0. The second kappa shape index (κ2) is 8.87. The molecule has 3 saturated carbocycles. The first kappa shape index (κ1) is 26.3. The van der Waals surface area contributed by atoms with Gasteiger partial charge in [-0.25, -0.2) is 0 Å². The smallest absolute Gasteiger partial charge is 0.317 e. The summed E-state index contributed by atoms with van der Waals surface area (Å²) >= 11 is 0. The number of esters is 1. The van der Waals surface area contributed by atoms with E-state index in [-0.39, 0.29) is 30.3 Å². The zero-order valence-electron chi connectivity index (χ0n) is 22.3. The van der Waals surface area contributed by atoms with Crippen LogP contribution in [0.5, 0.6) is 0 Å². The third-order valence-electron chi connectivity index (χ3n) is 10.8. The normalized spacial score (nSPS) is 51.2. The number of methoxy groups -OCH3 is 2. The average Bonchev–Trinajstić information content (AvgIpc) is 3.42. The van der Waals surface area contributed by atoms with Gasteiger partial charge in [-0.2, -0.15) is 0 Å². The molecule has 8 heteroatoms. The molecule has 4 fully saturated rings. The molecule has 0 spiro atoms. The summed E-state index contributed by atoms with van der Waals surface area (Å²) in [4.78, 5) is 27.3. The fourth-order valence-electron chi connectivity index (χ4n) is 9.47. The molecule has 1 saturated heterocycles. The molecule has 1 aliphatic heterocycles. The number of aliphatic hydroxyl groups excluding tert-OH is 2. The molecule has 1 heterocycles. The number of fused-ring (bicyclic) bond motifs is 2. The Hall–Kier alpha value is -1.32. The molecule has 8 nitrogen and oxygen atoms in total. The predicted molar refractivity (Wildman–Crippen MR) is 129 cm³/mol. The summed E-state index contributed by atoms with van der Waals surface area (Å²) in [5.74, 6) is 0.571. The van der Waals surface area contributed by atoms with Gasteiger partial charge in [-0.05, 0) is 55.8 Å². The van der Waals surface area contributed by atoms with E-state index in [0.717, 1.165) is 31.1 Å². The van der Waals surface area contributed by atoms with E-state index in [1.807, 2.05) is 0 Å². The van der Waals surface area contributed by atoms with Crippen molar-refractivity contribution in [1.82, 2.24) is 0 Å². The topological polar surface area (TPSA) is 112 Å². The number of carbonyl (C=O) groups is 2. The molecular formula is C28H42O8. The zero-order valence-corrected chi connectivity index (χ0v) is 22.3. The van der Waals surface area contributed by atoms with Crippen LogP contribution in [0.2, 0.25) is 0 Å². The number of carbonyl (C=O) groups excluding carboxylic acids is 2. The predicted octanol–water partition coefficient (Wildman–Crippen LogP) is 2.50. The van der Waals surface area contributed by atoms with Gasteiger partial charge in [0.05, 0.1) is 25.2 Å². The summed E-state index contributed by atoms with van der Waals surface area (Å²) in [5.41, 5.74) is -1.65. The highest BCUT2D eigenvalue weighted by atomic mass is 16.7. The van der Waals surface area contributed by atoms with E-state index in [9.17, 15) is 19.8 Å². The largest absolute Gasteiger partial charge is 0.468 e. The molecule has 4 bridgehead atoms.